The van der Waals surface area contributed by atoms with Crippen LogP contribution >= 0.6 is 0 Å². The highest BCUT2D eigenvalue weighted by atomic mass is 16.2. The van der Waals surface area contributed by atoms with Gasteiger partial charge in [-0.2, -0.15) is 0 Å². The molecule has 21 heavy (non-hydrogen) atoms. The minimum atomic E-state index is -0.426. The molecule has 2 aliphatic heterocycles. The van der Waals surface area contributed by atoms with Gasteiger partial charge in [-0.1, -0.05) is 6.07 Å². The van der Waals surface area contributed by atoms with E-state index in [2.05, 4.69) is 16.9 Å². The number of urea groups is 1. The molecule has 5 nitrogen and oxygen atoms in total. The molecule has 2 aliphatic rings. The Labute approximate surface area is 126 Å². The summed E-state index contributed by atoms with van der Waals surface area (Å²) in [5.41, 5.74) is 3.52. The molecule has 1 N–H and O–H groups in total. The van der Waals surface area contributed by atoms with Crippen molar-refractivity contribution in [3.05, 3.63) is 29.3 Å². The molecule has 1 saturated heterocycles. The molecule has 3 rings (SSSR count). The zero-order valence-corrected chi connectivity index (χ0v) is 12.7. The van der Waals surface area contributed by atoms with Gasteiger partial charge in [0.1, 0.15) is 0 Å². The normalized spacial score (nSPS) is 19.7. The fourth-order valence-electron chi connectivity index (χ4n) is 3.16. The van der Waals surface area contributed by atoms with Gasteiger partial charge >= 0.3 is 13.1 Å². The van der Waals surface area contributed by atoms with Gasteiger partial charge in [-0.15, -0.1) is 0 Å². The van der Waals surface area contributed by atoms with Gasteiger partial charge in [-0.3, -0.25) is 4.90 Å². The topological polar surface area (TPSA) is 47.0 Å². The summed E-state index contributed by atoms with van der Waals surface area (Å²) in [6.07, 6.45) is 1.95. The average Bonchev–Trinajstić information content (AvgIpc) is 2.49. The molecule has 1 aromatic rings. The molecule has 0 spiro atoms. The van der Waals surface area contributed by atoms with E-state index in [1.54, 1.807) is 11.7 Å². The standard InChI is InChI=1S/C15H22BN3O2/c1-16(21)18-9-6-12-4-5-14(10-13(12)11-18)19-8-3-7-17(2)15(19)20/h4-5,10,21H,3,6-9,11H2,1-2H3. The Balaban J connectivity index is 1.85. The van der Waals surface area contributed by atoms with Crippen LogP contribution in [0.25, 0.3) is 0 Å². The molecule has 0 aromatic heterocycles. The van der Waals surface area contributed by atoms with Crippen molar-refractivity contribution in [2.45, 2.75) is 26.2 Å². The molecule has 0 bridgehead atoms. The summed E-state index contributed by atoms with van der Waals surface area (Å²) >= 11 is 0. The van der Waals surface area contributed by atoms with E-state index in [0.29, 0.717) is 0 Å². The first kappa shape index (κ1) is 14.4. The number of rotatable bonds is 2. The lowest BCUT2D eigenvalue weighted by molar-refractivity contribution is 0.207. The summed E-state index contributed by atoms with van der Waals surface area (Å²) < 4.78 is 0. The lowest BCUT2D eigenvalue weighted by atomic mass is 9.81. The van der Waals surface area contributed by atoms with E-state index in [9.17, 15) is 9.82 Å². The van der Waals surface area contributed by atoms with Crippen LogP contribution in [0.3, 0.4) is 0 Å². The third-order valence-electron chi connectivity index (χ3n) is 4.50. The van der Waals surface area contributed by atoms with Crippen LogP contribution in [0.5, 0.6) is 0 Å². The van der Waals surface area contributed by atoms with E-state index < -0.39 is 7.05 Å². The number of carbonyl (C=O) groups excluding carboxylic acids is 1. The lowest BCUT2D eigenvalue weighted by Gasteiger charge is -2.35. The van der Waals surface area contributed by atoms with Crippen molar-refractivity contribution in [2.75, 3.05) is 31.6 Å². The van der Waals surface area contributed by atoms with Gasteiger partial charge in [0.2, 0.25) is 0 Å². The maximum atomic E-state index is 12.3. The largest absolute Gasteiger partial charge is 0.437 e. The summed E-state index contributed by atoms with van der Waals surface area (Å²) in [5.74, 6) is 0. The van der Waals surface area contributed by atoms with Gasteiger partial charge in [0.05, 0.1) is 0 Å². The summed E-state index contributed by atoms with van der Waals surface area (Å²) in [6.45, 7) is 5.05. The number of benzene rings is 1. The third-order valence-corrected chi connectivity index (χ3v) is 4.50. The highest BCUT2D eigenvalue weighted by molar-refractivity contribution is 6.45. The fourth-order valence-corrected chi connectivity index (χ4v) is 3.16. The smallest absolute Gasteiger partial charge is 0.376 e. The van der Waals surface area contributed by atoms with Crippen molar-refractivity contribution in [1.29, 1.82) is 0 Å². The first-order chi connectivity index (χ1) is 10.1. The number of amides is 2. The second-order valence-electron chi connectivity index (χ2n) is 6.01. The Morgan fingerprint density at radius 1 is 1.19 bits per heavy atom. The number of hydrogen-bond donors (Lipinski definition) is 1. The fraction of sp³-hybridized carbons (Fsp3) is 0.533. The molecule has 0 atom stereocenters. The van der Waals surface area contributed by atoms with Gasteiger partial charge in [0.25, 0.3) is 0 Å². The Morgan fingerprint density at radius 3 is 2.76 bits per heavy atom. The van der Waals surface area contributed by atoms with E-state index in [0.717, 1.165) is 44.7 Å². The monoisotopic (exact) mass is 287 g/mol. The SMILES string of the molecule is CB(O)N1CCc2ccc(N3CCCN(C)C3=O)cc2C1. The number of anilines is 1. The van der Waals surface area contributed by atoms with E-state index >= 15 is 0 Å². The second-order valence-corrected chi connectivity index (χ2v) is 6.01. The molecule has 0 saturated carbocycles. The maximum Gasteiger partial charge on any atom is 0.376 e. The molecule has 0 radical (unpaired) electrons. The Kier molecular flexibility index (Phi) is 3.91. The summed E-state index contributed by atoms with van der Waals surface area (Å²) in [7, 11) is 1.42. The maximum absolute atomic E-state index is 12.3. The number of fused-ring (bicyclic) bond motifs is 1. The lowest BCUT2D eigenvalue weighted by Crippen LogP contribution is -2.47. The Hall–Kier alpha value is -1.53. The van der Waals surface area contributed by atoms with Crippen molar-refractivity contribution in [3.8, 4) is 0 Å². The highest BCUT2D eigenvalue weighted by Crippen LogP contribution is 2.26. The zero-order valence-electron chi connectivity index (χ0n) is 12.7. The van der Waals surface area contributed by atoms with Crippen molar-refractivity contribution in [2.24, 2.45) is 0 Å². The molecule has 6 heteroatoms. The van der Waals surface area contributed by atoms with Crippen LogP contribution in [0.15, 0.2) is 18.2 Å². The van der Waals surface area contributed by atoms with Crippen molar-refractivity contribution in [3.63, 3.8) is 0 Å². The van der Waals surface area contributed by atoms with Crippen molar-refractivity contribution < 1.29 is 9.82 Å². The molecule has 1 fully saturated rings. The van der Waals surface area contributed by atoms with Crippen LogP contribution in [0, 0.1) is 0 Å². The van der Waals surface area contributed by atoms with Gasteiger partial charge in [-0.05, 0) is 49.5 Å². The van der Waals surface area contributed by atoms with E-state index in [-0.39, 0.29) is 6.03 Å². The second kappa shape index (κ2) is 5.69. The first-order valence-electron chi connectivity index (χ1n) is 7.63. The number of carbonyl (C=O) groups is 1. The van der Waals surface area contributed by atoms with Crippen molar-refractivity contribution in [1.82, 2.24) is 9.71 Å². The Morgan fingerprint density at radius 2 is 2.00 bits per heavy atom. The van der Waals surface area contributed by atoms with Crippen LogP contribution < -0.4 is 4.90 Å². The van der Waals surface area contributed by atoms with Gasteiger partial charge < -0.3 is 14.7 Å². The van der Waals surface area contributed by atoms with Crippen molar-refractivity contribution >= 4 is 18.8 Å². The average molecular weight is 287 g/mol. The summed E-state index contributed by atoms with van der Waals surface area (Å²) in [5, 5.41) is 9.75. The molecule has 2 heterocycles. The van der Waals surface area contributed by atoms with E-state index in [4.69, 9.17) is 0 Å². The number of hydrogen-bond acceptors (Lipinski definition) is 3. The minimum absolute atomic E-state index is 0.0735. The minimum Gasteiger partial charge on any atom is -0.437 e. The van der Waals surface area contributed by atoms with Crippen LogP contribution in [-0.4, -0.2) is 54.5 Å². The molecule has 112 valence electrons. The predicted molar refractivity (Wildman–Crippen MR) is 84.4 cm³/mol. The van der Waals surface area contributed by atoms with E-state index in [1.807, 2.05) is 18.0 Å². The summed E-state index contributed by atoms with van der Waals surface area (Å²) in [4.78, 5) is 17.9. The quantitative estimate of drug-likeness (QED) is 0.837. The van der Waals surface area contributed by atoms with Gasteiger partial charge in [-0.25, -0.2) is 4.79 Å². The molecule has 1 aromatic carbocycles. The zero-order chi connectivity index (χ0) is 15.0. The van der Waals surface area contributed by atoms with E-state index in [1.165, 1.54) is 11.1 Å². The van der Waals surface area contributed by atoms with Gasteiger partial charge in [0.15, 0.2) is 0 Å². The predicted octanol–water partition coefficient (Wildman–Crippen LogP) is 1.42. The number of nitrogens with zero attached hydrogens (tertiary/aromatic N) is 3. The third kappa shape index (κ3) is 2.78. The molecular formula is C15H22BN3O2. The summed E-state index contributed by atoms with van der Waals surface area (Å²) in [6, 6.07) is 6.37. The van der Waals surface area contributed by atoms with Crippen LogP contribution in [-0.2, 0) is 13.0 Å². The molecule has 0 unspecified atom stereocenters. The van der Waals surface area contributed by atoms with Crippen LogP contribution in [0.4, 0.5) is 10.5 Å². The highest BCUT2D eigenvalue weighted by Gasteiger charge is 2.26. The molecule has 0 aliphatic carbocycles. The molecule has 2 amide bonds. The van der Waals surface area contributed by atoms with Gasteiger partial charge in [0, 0.05) is 32.4 Å². The van der Waals surface area contributed by atoms with Crippen LogP contribution in [0.2, 0.25) is 6.82 Å². The Bertz CT molecular complexity index is 550. The first-order valence-corrected chi connectivity index (χ1v) is 7.63. The molecular weight excluding hydrogens is 265 g/mol. The van der Waals surface area contributed by atoms with Crippen LogP contribution in [0.1, 0.15) is 17.5 Å².